The first-order valence-corrected chi connectivity index (χ1v) is 11.8. The number of aromatic nitrogens is 2. The molecule has 1 aliphatic rings. The van der Waals surface area contributed by atoms with E-state index >= 15 is 0 Å². The van der Waals surface area contributed by atoms with Crippen LogP contribution in [0, 0.1) is 18.6 Å². The predicted octanol–water partition coefficient (Wildman–Crippen LogP) is 6.92. The lowest BCUT2D eigenvalue weighted by Gasteiger charge is -2.28. The number of halogens is 2. The van der Waals surface area contributed by atoms with Crippen LogP contribution in [-0.2, 0) is 13.0 Å². The van der Waals surface area contributed by atoms with E-state index in [0.29, 0.717) is 47.0 Å². The van der Waals surface area contributed by atoms with E-state index in [-0.39, 0.29) is 18.3 Å². The highest BCUT2D eigenvalue weighted by Crippen LogP contribution is 2.25. The largest absolute Gasteiger partial charge is 0.487 e. The number of amides is 1. The van der Waals surface area contributed by atoms with Crippen molar-refractivity contribution in [3.05, 3.63) is 82.8 Å². The van der Waals surface area contributed by atoms with Crippen molar-refractivity contribution in [2.24, 2.45) is 0 Å². The van der Waals surface area contributed by atoms with E-state index in [1.54, 1.807) is 36.1 Å². The Morgan fingerprint density at radius 2 is 1.68 bits per heavy atom. The molecule has 1 amide bonds. The first-order valence-electron chi connectivity index (χ1n) is 11.8. The van der Waals surface area contributed by atoms with Crippen molar-refractivity contribution in [1.29, 1.82) is 0 Å². The highest BCUT2D eigenvalue weighted by molar-refractivity contribution is 6.07. The van der Waals surface area contributed by atoms with Gasteiger partial charge in [0.15, 0.2) is 0 Å². The number of pyridine rings is 2. The summed E-state index contributed by atoms with van der Waals surface area (Å²) >= 11 is 0. The third kappa shape index (κ3) is 7.33. The molecule has 0 fully saturated rings. The molecule has 0 spiro atoms. The fourth-order valence-electron chi connectivity index (χ4n) is 3.21. The molecule has 3 aromatic rings. The molecule has 0 saturated carbocycles. The average Bonchev–Trinajstić information content (AvgIpc) is 2.87. The number of aryl methyl sites for hydroxylation is 1. The molecule has 5 nitrogen and oxygen atoms in total. The van der Waals surface area contributed by atoms with E-state index in [9.17, 15) is 13.6 Å². The number of benzene rings is 1. The SMILES string of the molecule is CC.CC.CC.Cc1cc(F)cnc1N1CCc2nc(COc3cccc(F)c3)ccc2C1=O. The van der Waals surface area contributed by atoms with Crippen molar-refractivity contribution in [3.8, 4) is 5.75 Å². The van der Waals surface area contributed by atoms with Crippen LogP contribution in [-0.4, -0.2) is 22.4 Å². The molecule has 4 rings (SSSR count). The molecule has 1 aliphatic heterocycles. The van der Waals surface area contributed by atoms with Crippen LogP contribution < -0.4 is 9.64 Å². The Bertz CT molecular complexity index is 1060. The van der Waals surface area contributed by atoms with Gasteiger partial charge in [-0.05, 0) is 42.8 Å². The second-order valence-electron chi connectivity index (χ2n) is 6.54. The number of rotatable bonds is 4. The second kappa shape index (κ2) is 14.7. The van der Waals surface area contributed by atoms with Gasteiger partial charge in [-0.15, -0.1) is 0 Å². The van der Waals surface area contributed by atoms with E-state index in [2.05, 4.69) is 9.97 Å². The van der Waals surface area contributed by atoms with Crippen LogP contribution in [0.25, 0.3) is 0 Å². The second-order valence-corrected chi connectivity index (χ2v) is 6.54. The van der Waals surface area contributed by atoms with Gasteiger partial charge in [0.25, 0.3) is 5.91 Å². The monoisotopic (exact) mass is 471 g/mol. The first kappa shape index (κ1) is 28.7. The topological polar surface area (TPSA) is 55.3 Å². The maximum absolute atomic E-state index is 13.3. The van der Waals surface area contributed by atoms with Crippen molar-refractivity contribution >= 4 is 11.7 Å². The molecule has 34 heavy (non-hydrogen) atoms. The molecule has 0 bridgehead atoms. The number of carbonyl (C=O) groups is 1. The zero-order chi connectivity index (χ0) is 25.7. The number of anilines is 1. The number of hydrogen-bond acceptors (Lipinski definition) is 4. The lowest BCUT2D eigenvalue weighted by atomic mass is 10.0. The molecule has 0 saturated heterocycles. The smallest absolute Gasteiger partial charge is 0.261 e. The predicted molar refractivity (Wildman–Crippen MR) is 133 cm³/mol. The minimum atomic E-state index is -0.435. The summed E-state index contributed by atoms with van der Waals surface area (Å²) in [4.78, 5) is 23.0. The van der Waals surface area contributed by atoms with Crippen molar-refractivity contribution in [2.75, 3.05) is 11.4 Å². The lowest BCUT2D eigenvalue weighted by Crippen LogP contribution is -2.39. The van der Waals surface area contributed by atoms with E-state index in [0.717, 1.165) is 6.20 Å². The van der Waals surface area contributed by atoms with Gasteiger partial charge in [-0.25, -0.2) is 13.8 Å². The third-order valence-corrected chi connectivity index (χ3v) is 4.54. The third-order valence-electron chi connectivity index (χ3n) is 4.54. The molecule has 3 heterocycles. The highest BCUT2D eigenvalue weighted by atomic mass is 19.1. The average molecular weight is 472 g/mol. The fourth-order valence-corrected chi connectivity index (χ4v) is 3.21. The van der Waals surface area contributed by atoms with Gasteiger partial charge in [-0.2, -0.15) is 0 Å². The van der Waals surface area contributed by atoms with Crippen LogP contribution >= 0.6 is 0 Å². The zero-order valence-electron chi connectivity index (χ0n) is 21.2. The Balaban J connectivity index is 0.000000894. The van der Waals surface area contributed by atoms with Crippen LogP contribution in [0.5, 0.6) is 5.75 Å². The lowest BCUT2D eigenvalue weighted by molar-refractivity contribution is 0.0978. The van der Waals surface area contributed by atoms with Gasteiger partial charge in [0.1, 0.15) is 29.8 Å². The molecule has 0 radical (unpaired) electrons. The van der Waals surface area contributed by atoms with Crippen LogP contribution in [0.1, 0.15) is 68.9 Å². The Morgan fingerprint density at radius 3 is 2.32 bits per heavy atom. The van der Waals surface area contributed by atoms with Crippen molar-refractivity contribution < 1.29 is 18.3 Å². The van der Waals surface area contributed by atoms with E-state index in [4.69, 9.17) is 4.74 Å². The van der Waals surface area contributed by atoms with Gasteiger partial charge in [0.2, 0.25) is 0 Å². The summed E-state index contributed by atoms with van der Waals surface area (Å²) in [6.07, 6.45) is 1.66. The van der Waals surface area contributed by atoms with Crippen LogP contribution in [0.2, 0.25) is 0 Å². The minimum absolute atomic E-state index is 0.174. The Labute approximate surface area is 201 Å². The molecule has 0 aliphatic carbocycles. The summed E-state index contributed by atoms with van der Waals surface area (Å²) < 4.78 is 32.1. The number of carbonyl (C=O) groups excluding carboxylic acids is 1. The molecule has 0 unspecified atom stereocenters. The van der Waals surface area contributed by atoms with Gasteiger partial charge in [0.05, 0.1) is 23.1 Å². The van der Waals surface area contributed by atoms with Gasteiger partial charge in [-0.1, -0.05) is 47.6 Å². The van der Waals surface area contributed by atoms with E-state index in [1.165, 1.54) is 18.2 Å². The van der Waals surface area contributed by atoms with Gasteiger partial charge >= 0.3 is 0 Å². The first-order chi connectivity index (χ1) is 16.5. The summed E-state index contributed by atoms with van der Waals surface area (Å²) in [5.74, 6) is -0.147. The van der Waals surface area contributed by atoms with Gasteiger partial charge in [-0.3, -0.25) is 14.7 Å². The normalized spacial score (nSPS) is 11.6. The summed E-state index contributed by atoms with van der Waals surface area (Å²) in [6.45, 7) is 14.3. The number of ether oxygens (including phenoxy) is 1. The fraction of sp³-hybridized carbons (Fsp3) is 0.370. The number of nitrogens with zero attached hydrogens (tertiary/aromatic N) is 3. The molecule has 7 heteroatoms. The highest BCUT2D eigenvalue weighted by Gasteiger charge is 2.28. The molecular formula is C27H35F2N3O2. The molecule has 0 atom stereocenters. The summed E-state index contributed by atoms with van der Waals surface area (Å²) in [5.41, 5.74) is 2.43. The maximum atomic E-state index is 13.3. The molecule has 2 aromatic heterocycles. The van der Waals surface area contributed by atoms with Crippen molar-refractivity contribution in [1.82, 2.24) is 9.97 Å². The van der Waals surface area contributed by atoms with Crippen LogP contribution in [0.3, 0.4) is 0 Å². The van der Waals surface area contributed by atoms with E-state index in [1.807, 2.05) is 41.5 Å². The standard InChI is InChI=1S/C21H17F2N3O2.3C2H6/c1-13-9-15(23)11-24-20(13)26-8-7-19-18(21(26)27)6-5-16(25-19)12-28-17-4-2-3-14(22)10-17;3*1-2/h2-6,9-11H,7-8,12H2,1H3;3*1-2H3. The molecule has 0 N–H and O–H groups in total. The van der Waals surface area contributed by atoms with Crippen molar-refractivity contribution in [3.63, 3.8) is 0 Å². The van der Waals surface area contributed by atoms with Crippen LogP contribution in [0.15, 0.2) is 48.7 Å². The number of fused-ring (bicyclic) bond motifs is 1. The summed E-state index contributed by atoms with van der Waals surface area (Å²) in [6, 6.07) is 10.7. The minimum Gasteiger partial charge on any atom is -0.487 e. The number of hydrogen-bond donors (Lipinski definition) is 0. The van der Waals surface area contributed by atoms with Crippen molar-refractivity contribution in [2.45, 2.75) is 61.5 Å². The maximum Gasteiger partial charge on any atom is 0.261 e. The summed E-state index contributed by atoms with van der Waals surface area (Å²) in [7, 11) is 0. The zero-order valence-corrected chi connectivity index (χ0v) is 21.2. The molecule has 184 valence electrons. The van der Waals surface area contributed by atoms with Crippen LogP contribution in [0.4, 0.5) is 14.6 Å². The summed E-state index contributed by atoms with van der Waals surface area (Å²) in [5, 5.41) is 0. The quantitative estimate of drug-likeness (QED) is 0.414. The molecular weight excluding hydrogens is 436 g/mol. The Hall–Kier alpha value is -3.35. The van der Waals surface area contributed by atoms with Gasteiger partial charge in [0, 0.05) is 19.0 Å². The Kier molecular flexibility index (Phi) is 12.4. The molecule has 1 aromatic carbocycles. The van der Waals surface area contributed by atoms with Gasteiger partial charge < -0.3 is 4.74 Å². The Morgan fingerprint density at radius 1 is 0.971 bits per heavy atom. The van der Waals surface area contributed by atoms with E-state index < -0.39 is 5.82 Å².